The summed E-state index contributed by atoms with van der Waals surface area (Å²) < 4.78 is 21.7. The number of nitrogens with zero attached hydrogens (tertiary/aromatic N) is 1. The molecule has 1 fully saturated rings. The van der Waals surface area contributed by atoms with Gasteiger partial charge in [0.1, 0.15) is 0 Å². The Labute approximate surface area is 115 Å². The fourth-order valence-corrected chi connectivity index (χ4v) is 3.45. The summed E-state index contributed by atoms with van der Waals surface area (Å²) in [7, 11) is 0. The normalized spacial score (nSPS) is 18.3. The van der Waals surface area contributed by atoms with Crippen LogP contribution in [0.15, 0.2) is 18.2 Å². The van der Waals surface area contributed by atoms with Crippen LogP contribution in [0.2, 0.25) is 0 Å². The highest BCUT2D eigenvalue weighted by Gasteiger charge is 2.44. The first-order valence-electron chi connectivity index (χ1n) is 5.38. The van der Waals surface area contributed by atoms with Crippen LogP contribution in [-0.4, -0.2) is 19.4 Å². The molecule has 0 saturated heterocycles. The second-order valence-electron chi connectivity index (χ2n) is 4.46. The molecule has 5 nitrogen and oxygen atoms in total. The topological polar surface area (TPSA) is 83.3 Å². The van der Waals surface area contributed by atoms with Crippen LogP contribution in [0.3, 0.4) is 0 Å². The van der Waals surface area contributed by atoms with Crippen LogP contribution in [0.4, 0.5) is 5.69 Å². The van der Waals surface area contributed by atoms with Crippen LogP contribution in [-0.2, 0) is 21.8 Å². The molecule has 98 valence electrons. The molecule has 1 atom stereocenters. The lowest BCUT2D eigenvalue weighted by Crippen LogP contribution is -2.16. The monoisotopic (exact) mass is 332 g/mol. The molecule has 0 radical (unpaired) electrons. The highest BCUT2D eigenvalue weighted by molar-refractivity contribution is 9.08. The molecule has 1 unspecified atom stereocenters. The molecule has 7 heteroatoms. The summed E-state index contributed by atoms with van der Waals surface area (Å²) in [5.74, 6) is 0.0898. The molecular weight excluding hydrogens is 322 g/mol. The van der Waals surface area contributed by atoms with Crippen LogP contribution < -0.4 is 0 Å². The lowest BCUT2D eigenvalue weighted by atomic mass is 9.96. The Bertz CT molecular complexity index is 516. The van der Waals surface area contributed by atoms with Crippen LogP contribution >= 0.6 is 15.9 Å². The molecule has 0 aliphatic heterocycles. The van der Waals surface area contributed by atoms with E-state index in [1.165, 1.54) is 6.07 Å². The van der Waals surface area contributed by atoms with E-state index in [9.17, 15) is 18.9 Å². The summed E-state index contributed by atoms with van der Waals surface area (Å²) in [6, 6.07) is 4.87. The van der Waals surface area contributed by atoms with E-state index < -0.39 is 16.0 Å². The molecule has 1 saturated carbocycles. The largest absolute Gasteiger partial charge is 0.772 e. The number of benzene rings is 1. The number of alkyl halides is 1. The Kier molecular flexibility index (Phi) is 3.84. The molecule has 1 aliphatic carbocycles. The molecule has 1 aromatic carbocycles. The minimum atomic E-state index is -2.09. The van der Waals surface area contributed by atoms with Crippen LogP contribution in [0.5, 0.6) is 0 Å². The zero-order chi connectivity index (χ0) is 13.3. The summed E-state index contributed by atoms with van der Waals surface area (Å²) in [6.07, 6.45) is 1.64. The van der Waals surface area contributed by atoms with Gasteiger partial charge in [-0.3, -0.25) is 14.3 Å². The lowest BCUT2D eigenvalue weighted by molar-refractivity contribution is -0.385. The average molecular weight is 333 g/mol. The molecule has 1 aromatic rings. The van der Waals surface area contributed by atoms with E-state index >= 15 is 0 Å². The van der Waals surface area contributed by atoms with Gasteiger partial charge in [-0.25, -0.2) is 0 Å². The van der Waals surface area contributed by atoms with Crippen molar-refractivity contribution < 1.29 is 13.7 Å². The molecular formula is C11H11BrNO4S-. The van der Waals surface area contributed by atoms with Gasteiger partial charge in [0, 0.05) is 28.1 Å². The minimum absolute atomic E-state index is 0.0645. The molecule has 0 bridgehead atoms. The Morgan fingerprint density at radius 2 is 2.11 bits per heavy atom. The predicted molar refractivity (Wildman–Crippen MR) is 70.4 cm³/mol. The van der Waals surface area contributed by atoms with E-state index in [1.54, 1.807) is 12.1 Å². The van der Waals surface area contributed by atoms with Crippen molar-refractivity contribution in [3.8, 4) is 0 Å². The molecule has 1 aliphatic rings. The van der Waals surface area contributed by atoms with Crippen molar-refractivity contribution in [1.29, 1.82) is 0 Å². The van der Waals surface area contributed by atoms with E-state index in [-0.39, 0.29) is 16.9 Å². The van der Waals surface area contributed by atoms with E-state index in [0.29, 0.717) is 10.9 Å². The maximum atomic E-state index is 10.8. The minimum Gasteiger partial charge on any atom is -0.772 e. The molecule has 2 rings (SSSR count). The van der Waals surface area contributed by atoms with Gasteiger partial charge in [-0.2, -0.15) is 0 Å². The summed E-state index contributed by atoms with van der Waals surface area (Å²) in [6.45, 7) is 0. The van der Waals surface area contributed by atoms with E-state index in [0.717, 1.165) is 18.4 Å². The summed E-state index contributed by atoms with van der Waals surface area (Å²) in [4.78, 5) is 10.4. The van der Waals surface area contributed by atoms with Crippen molar-refractivity contribution in [3.63, 3.8) is 0 Å². The van der Waals surface area contributed by atoms with Gasteiger partial charge in [-0.05, 0) is 24.5 Å². The van der Waals surface area contributed by atoms with E-state index in [1.807, 2.05) is 0 Å². The Morgan fingerprint density at radius 3 is 2.56 bits per heavy atom. The summed E-state index contributed by atoms with van der Waals surface area (Å²) in [5, 5.41) is 11.2. The molecule has 0 amide bonds. The van der Waals surface area contributed by atoms with Gasteiger partial charge in [0.05, 0.1) is 4.92 Å². The molecule has 0 aromatic heterocycles. The zero-order valence-electron chi connectivity index (χ0n) is 9.43. The molecule has 0 N–H and O–H groups in total. The maximum absolute atomic E-state index is 10.8. The first kappa shape index (κ1) is 13.6. The van der Waals surface area contributed by atoms with Gasteiger partial charge >= 0.3 is 0 Å². The van der Waals surface area contributed by atoms with E-state index in [2.05, 4.69) is 15.9 Å². The second kappa shape index (κ2) is 5.07. The third-order valence-corrected chi connectivity index (χ3v) is 4.67. The predicted octanol–water partition coefficient (Wildman–Crippen LogP) is 2.40. The quantitative estimate of drug-likeness (QED) is 0.358. The highest BCUT2D eigenvalue weighted by Crippen LogP contribution is 2.49. The fraction of sp³-hybridized carbons (Fsp3) is 0.455. The number of rotatable bonds is 5. The Hall–Kier alpha value is -0.790. The fourth-order valence-electron chi connectivity index (χ4n) is 2.09. The van der Waals surface area contributed by atoms with Gasteiger partial charge in [0.25, 0.3) is 5.69 Å². The smallest absolute Gasteiger partial charge is 0.273 e. The first-order chi connectivity index (χ1) is 8.48. The third-order valence-electron chi connectivity index (χ3n) is 3.28. The number of nitro groups is 1. The van der Waals surface area contributed by atoms with Gasteiger partial charge < -0.3 is 4.55 Å². The van der Waals surface area contributed by atoms with Crippen LogP contribution in [0.25, 0.3) is 0 Å². The number of hydrogen-bond donors (Lipinski definition) is 0. The van der Waals surface area contributed by atoms with Gasteiger partial charge in [-0.15, -0.1) is 0 Å². The van der Waals surface area contributed by atoms with Crippen molar-refractivity contribution in [2.45, 2.75) is 23.6 Å². The molecule has 0 heterocycles. The third kappa shape index (κ3) is 2.62. The second-order valence-corrected chi connectivity index (χ2v) is 5.92. The number of hydrogen-bond acceptors (Lipinski definition) is 4. The van der Waals surface area contributed by atoms with Gasteiger partial charge in [0.15, 0.2) is 0 Å². The highest BCUT2D eigenvalue weighted by atomic mass is 79.9. The number of halogens is 1. The SMILES string of the molecule is O=[N+]([O-])c1ccc(C2(CS(=O)[O-])CC2)cc1CBr. The Balaban J connectivity index is 2.36. The van der Waals surface area contributed by atoms with Crippen molar-refractivity contribution in [3.05, 3.63) is 39.4 Å². The van der Waals surface area contributed by atoms with Gasteiger partial charge in [0.2, 0.25) is 0 Å². The number of nitro benzene ring substituents is 1. The summed E-state index contributed by atoms with van der Waals surface area (Å²) in [5.41, 5.74) is 1.21. The van der Waals surface area contributed by atoms with Crippen molar-refractivity contribution in [2.24, 2.45) is 0 Å². The van der Waals surface area contributed by atoms with Crippen LogP contribution in [0.1, 0.15) is 24.0 Å². The van der Waals surface area contributed by atoms with Crippen molar-refractivity contribution >= 4 is 32.7 Å². The zero-order valence-corrected chi connectivity index (χ0v) is 11.8. The van der Waals surface area contributed by atoms with Crippen molar-refractivity contribution in [1.82, 2.24) is 0 Å². The van der Waals surface area contributed by atoms with Gasteiger partial charge in [-0.1, -0.05) is 33.1 Å². The first-order valence-corrected chi connectivity index (χ1v) is 7.75. The molecule has 18 heavy (non-hydrogen) atoms. The van der Waals surface area contributed by atoms with Crippen molar-refractivity contribution in [2.75, 3.05) is 5.75 Å². The van der Waals surface area contributed by atoms with Crippen LogP contribution in [0, 0.1) is 10.1 Å². The standard InChI is InChI=1S/C11H12BrNO4S/c12-6-8-5-9(1-2-10(8)13(14)15)11(3-4-11)7-18(16)17/h1-2,5H,3-4,6-7H2,(H,16,17)/p-1. The maximum Gasteiger partial charge on any atom is 0.273 e. The van der Waals surface area contributed by atoms with E-state index in [4.69, 9.17) is 0 Å². The molecule has 0 spiro atoms. The average Bonchev–Trinajstić information content (AvgIpc) is 3.08. The summed E-state index contributed by atoms with van der Waals surface area (Å²) >= 11 is 1.13. The Morgan fingerprint density at radius 1 is 1.44 bits per heavy atom. The lowest BCUT2D eigenvalue weighted by Gasteiger charge is -2.18.